The van der Waals surface area contributed by atoms with Crippen LogP contribution in [-0.2, 0) is 11.3 Å². The van der Waals surface area contributed by atoms with Gasteiger partial charge >= 0.3 is 0 Å². The monoisotopic (exact) mass is 715 g/mol. The molecule has 2 aromatic carbocycles. The summed E-state index contributed by atoms with van der Waals surface area (Å²) in [6.45, 7) is 7.81. The van der Waals surface area contributed by atoms with Crippen LogP contribution in [0, 0.1) is 12.8 Å². The fraction of sp³-hybridized carbons (Fsp3) is 0.341. The Kier molecular flexibility index (Phi) is 11.1. The molecule has 12 nitrogen and oxygen atoms in total. The van der Waals surface area contributed by atoms with Crippen LogP contribution in [0.4, 0.5) is 11.6 Å². The number of benzene rings is 2. The highest BCUT2D eigenvalue weighted by atomic mass is 16.5. The number of nitrogens with one attached hydrogen (secondary N) is 1. The number of hydrogen-bond donors (Lipinski definition) is 2. The lowest BCUT2D eigenvalue weighted by Gasteiger charge is -2.23. The van der Waals surface area contributed by atoms with Crippen LogP contribution in [0.5, 0.6) is 11.5 Å². The molecule has 2 aliphatic rings. The van der Waals surface area contributed by atoms with E-state index in [0.29, 0.717) is 60.6 Å². The molecule has 2 aliphatic heterocycles. The van der Waals surface area contributed by atoms with Crippen molar-refractivity contribution < 1.29 is 19.0 Å². The largest absolute Gasteiger partial charge is 0.493 e. The number of methoxy groups -OCH3 is 1. The minimum absolute atomic E-state index is 0.0283. The van der Waals surface area contributed by atoms with Gasteiger partial charge in [0.05, 0.1) is 12.8 Å². The first-order chi connectivity index (χ1) is 25.8. The van der Waals surface area contributed by atoms with E-state index in [4.69, 9.17) is 19.9 Å². The maximum atomic E-state index is 13.7. The maximum Gasteiger partial charge on any atom is 0.262 e. The highest BCUT2D eigenvalue weighted by Crippen LogP contribution is 2.35. The molecule has 3 N–H and O–H groups in total. The Morgan fingerprint density at radius 1 is 0.925 bits per heavy atom. The van der Waals surface area contributed by atoms with Gasteiger partial charge in [0.15, 0.2) is 17.3 Å². The minimum Gasteiger partial charge on any atom is -0.493 e. The molecule has 2 saturated heterocycles. The number of amides is 1. The summed E-state index contributed by atoms with van der Waals surface area (Å²) < 4.78 is 19.2. The normalized spacial score (nSPS) is 15.0. The number of rotatable bonds is 12. The van der Waals surface area contributed by atoms with Gasteiger partial charge in [-0.1, -0.05) is 35.9 Å². The van der Waals surface area contributed by atoms with Crippen molar-refractivity contribution in [3.8, 4) is 45.0 Å². The fourth-order valence-corrected chi connectivity index (χ4v) is 6.89. The van der Waals surface area contributed by atoms with Crippen LogP contribution in [0.3, 0.4) is 0 Å². The second-order valence-corrected chi connectivity index (χ2v) is 13.7. The summed E-state index contributed by atoms with van der Waals surface area (Å²) in [5.41, 5.74) is 11.0. The highest BCUT2D eigenvalue weighted by Gasteiger charge is 2.21. The average molecular weight is 716 g/mol. The molecule has 274 valence electrons. The van der Waals surface area contributed by atoms with Gasteiger partial charge in [-0.25, -0.2) is 4.98 Å². The summed E-state index contributed by atoms with van der Waals surface area (Å²) in [7, 11) is 1.62. The van der Waals surface area contributed by atoms with E-state index in [-0.39, 0.29) is 22.6 Å². The van der Waals surface area contributed by atoms with E-state index in [1.807, 2.05) is 66.2 Å². The van der Waals surface area contributed by atoms with Crippen molar-refractivity contribution >= 4 is 17.5 Å². The van der Waals surface area contributed by atoms with Crippen LogP contribution < -0.4 is 26.0 Å². The Bertz CT molecular complexity index is 2110. The summed E-state index contributed by atoms with van der Waals surface area (Å²) in [5.74, 6) is 1.61. The van der Waals surface area contributed by atoms with Gasteiger partial charge in [-0.15, -0.1) is 10.2 Å². The quantitative estimate of drug-likeness (QED) is 0.156. The molecule has 5 aromatic rings. The number of carbonyl (C=O) groups excluding carboxylic acids is 1. The molecule has 0 unspecified atom stereocenters. The molecule has 0 spiro atoms. The number of nitrogen functional groups attached to an aromatic ring is 1. The zero-order chi connectivity index (χ0) is 36.7. The molecule has 0 aliphatic carbocycles. The second-order valence-electron chi connectivity index (χ2n) is 13.7. The third-order valence-corrected chi connectivity index (χ3v) is 9.96. The van der Waals surface area contributed by atoms with Gasteiger partial charge in [0, 0.05) is 61.6 Å². The molecule has 7 rings (SSSR count). The first-order valence-corrected chi connectivity index (χ1v) is 18.2. The maximum absolute atomic E-state index is 13.7. The average Bonchev–Trinajstić information content (AvgIpc) is 3.71. The topological polar surface area (TPSA) is 147 Å². The molecular weight excluding hydrogens is 670 g/mol. The van der Waals surface area contributed by atoms with Crippen molar-refractivity contribution in [2.75, 3.05) is 57.6 Å². The van der Waals surface area contributed by atoms with Crippen molar-refractivity contribution in [1.82, 2.24) is 24.6 Å². The third kappa shape index (κ3) is 8.56. The van der Waals surface area contributed by atoms with Gasteiger partial charge in [-0.3, -0.25) is 14.5 Å². The van der Waals surface area contributed by atoms with Gasteiger partial charge in [-0.05, 0) is 93.1 Å². The number of hydrogen-bond acceptors (Lipinski definition) is 10. The number of likely N-dealkylation sites (tertiary alicyclic amines) is 1. The van der Waals surface area contributed by atoms with E-state index in [2.05, 4.69) is 25.4 Å². The van der Waals surface area contributed by atoms with Crippen molar-refractivity contribution in [2.24, 2.45) is 5.92 Å². The van der Waals surface area contributed by atoms with E-state index < -0.39 is 5.91 Å². The molecule has 3 aromatic heterocycles. The molecule has 1 amide bonds. The predicted molar refractivity (Wildman–Crippen MR) is 205 cm³/mol. The van der Waals surface area contributed by atoms with Gasteiger partial charge in [-0.2, -0.15) is 0 Å². The van der Waals surface area contributed by atoms with Crippen LogP contribution >= 0.6 is 0 Å². The summed E-state index contributed by atoms with van der Waals surface area (Å²) in [6.07, 6.45) is 9.50. The highest BCUT2D eigenvalue weighted by molar-refractivity contribution is 6.04. The Morgan fingerprint density at radius 3 is 2.43 bits per heavy atom. The van der Waals surface area contributed by atoms with Crippen LogP contribution in [0.15, 0.2) is 84.0 Å². The van der Waals surface area contributed by atoms with Gasteiger partial charge in [0.1, 0.15) is 18.0 Å². The van der Waals surface area contributed by atoms with E-state index in [9.17, 15) is 9.59 Å². The number of aromatic nitrogens is 4. The predicted octanol–water partition coefficient (Wildman–Crippen LogP) is 6.09. The Balaban J connectivity index is 1.08. The van der Waals surface area contributed by atoms with E-state index >= 15 is 0 Å². The first kappa shape index (κ1) is 35.8. The van der Waals surface area contributed by atoms with Crippen molar-refractivity contribution in [1.29, 1.82) is 0 Å². The summed E-state index contributed by atoms with van der Waals surface area (Å²) in [4.78, 5) is 34.2. The molecule has 53 heavy (non-hydrogen) atoms. The molecule has 5 heterocycles. The number of nitrogens with zero attached hydrogens (tertiary/aromatic N) is 5. The van der Waals surface area contributed by atoms with Crippen molar-refractivity contribution in [3.63, 3.8) is 0 Å². The number of carbonyl (C=O) groups is 1. The minimum atomic E-state index is -0.563. The Hall–Kier alpha value is -5.59. The molecule has 12 heteroatoms. The number of nitrogens with two attached hydrogens (primary N) is 1. The number of aryl methyl sites for hydroxylation is 1. The Labute approximate surface area is 308 Å². The van der Waals surface area contributed by atoms with Crippen LogP contribution in [0.25, 0.3) is 33.5 Å². The van der Waals surface area contributed by atoms with Crippen LogP contribution in [0.1, 0.15) is 41.6 Å². The molecular formula is C41H45N7O5. The van der Waals surface area contributed by atoms with E-state index in [1.54, 1.807) is 31.6 Å². The standard InChI is InChI=1S/C41H45N7O5/c1-27-5-7-29(8-6-27)33-25-48(24-28-13-18-52-19-14-28)26-34(39(33)49)41(50)44-38-12-10-35(45-46-38)32-21-31(23-43-40(32)42)30-9-11-36(37(22-30)51-2)53-20-17-47-15-3-4-16-47/h5-12,21-23,25-26,28H,3-4,13-20,24H2,1-2H3,(H2,42,43)(H,44,46,50). The molecule has 0 saturated carbocycles. The van der Waals surface area contributed by atoms with Crippen LogP contribution in [-0.4, -0.2) is 77.1 Å². The lowest BCUT2D eigenvalue weighted by Crippen LogP contribution is -2.27. The lowest BCUT2D eigenvalue weighted by molar-refractivity contribution is 0.0612. The zero-order valence-corrected chi connectivity index (χ0v) is 30.2. The Morgan fingerprint density at radius 2 is 1.70 bits per heavy atom. The number of pyridine rings is 2. The summed E-state index contributed by atoms with van der Waals surface area (Å²) >= 11 is 0. The molecule has 2 fully saturated rings. The van der Waals surface area contributed by atoms with Crippen LogP contribution in [0.2, 0.25) is 0 Å². The molecule has 0 radical (unpaired) electrons. The number of anilines is 2. The lowest BCUT2D eigenvalue weighted by atomic mass is 9.99. The molecule has 0 bridgehead atoms. The SMILES string of the molecule is COc1cc(-c2cnc(N)c(-c3ccc(NC(=O)c4cn(CC5CCOCC5)cc(-c5ccc(C)cc5)c4=O)nn3)c2)ccc1OCCN1CCCC1. The van der Waals surface area contributed by atoms with Crippen molar-refractivity contribution in [3.05, 3.63) is 101 Å². The first-order valence-electron chi connectivity index (χ1n) is 18.2. The molecule has 0 atom stereocenters. The third-order valence-electron chi connectivity index (χ3n) is 9.96. The fourth-order valence-electron chi connectivity index (χ4n) is 6.89. The zero-order valence-electron chi connectivity index (χ0n) is 30.2. The van der Waals surface area contributed by atoms with E-state index in [0.717, 1.165) is 54.7 Å². The summed E-state index contributed by atoms with van der Waals surface area (Å²) in [6, 6.07) is 18.7. The second kappa shape index (κ2) is 16.4. The summed E-state index contributed by atoms with van der Waals surface area (Å²) in [5, 5.41) is 11.4. The van der Waals surface area contributed by atoms with Gasteiger partial charge in [0.25, 0.3) is 5.91 Å². The van der Waals surface area contributed by atoms with Gasteiger partial charge in [0.2, 0.25) is 5.43 Å². The van der Waals surface area contributed by atoms with Gasteiger partial charge < -0.3 is 29.8 Å². The van der Waals surface area contributed by atoms with Crippen molar-refractivity contribution in [2.45, 2.75) is 39.2 Å². The smallest absolute Gasteiger partial charge is 0.262 e. The van der Waals surface area contributed by atoms with E-state index in [1.165, 1.54) is 12.8 Å². The number of ether oxygens (including phenoxy) is 3.